The van der Waals surface area contributed by atoms with E-state index >= 15 is 0 Å². The van der Waals surface area contributed by atoms with Crippen LogP contribution in [0.1, 0.15) is 29.5 Å². The third kappa shape index (κ3) is 6.97. The lowest BCUT2D eigenvalue weighted by molar-refractivity contribution is 0.525. The molecule has 0 atom stereocenters. The molecule has 144 valence electrons. The van der Waals surface area contributed by atoms with Crippen molar-refractivity contribution in [1.82, 2.24) is 0 Å². The van der Waals surface area contributed by atoms with E-state index in [1.165, 1.54) is 16.7 Å². The Balaban J connectivity index is 0.00000108. The molecule has 28 heavy (non-hydrogen) atoms. The van der Waals surface area contributed by atoms with E-state index in [0.717, 1.165) is 31.4 Å². The van der Waals surface area contributed by atoms with E-state index in [1.54, 1.807) is 0 Å². The Morgan fingerprint density at radius 1 is 0.786 bits per heavy atom. The van der Waals surface area contributed by atoms with Crippen molar-refractivity contribution in [2.24, 2.45) is 0 Å². The Kier molecular flexibility index (Phi) is 12.7. The van der Waals surface area contributed by atoms with E-state index in [1.807, 2.05) is 18.2 Å². The Morgan fingerprint density at radius 2 is 1.25 bits per heavy atom. The van der Waals surface area contributed by atoms with Crippen LogP contribution < -0.4 is 0 Å². The fourth-order valence-electron chi connectivity index (χ4n) is 3.27. The number of hydrogen-bond acceptors (Lipinski definition) is 4. The Bertz CT molecular complexity index is 792. The van der Waals surface area contributed by atoms with E-state index in [9.17, 15) is 0 Å². The molecule has 2 aromatic rings. The molecule has 0 heterocycles. The second-order valence-electron chi connectivity index (χ2n) is 5.79. The maximum absolute atomic E-state index is 8.35. The molecule has 0 bridgehead atoms. The zero-order chi connectivity index (χ0) is 21.3. The number of rotatable bonds is 8. The number of carbonyl (C=O) groups excluding carboxylic acids is 2. The van der Waals surface area contributed by atoms with Crippen molar-refractivity contribution < 1.29 is 9.59 Å². The third-order valence-electron chi connectivity index (χ3n) is 4.21. The highest BCUT2D eigenvalue weighted by atomic mass is 16.1. The van der Waals surface area contributed by atoms with Gasteiger partial charge in [0.2, 0.25) is 12.2 Å². The first kappa shape index (κ1) is 24.4. The minimum atomic E-state index is -0.107. The lowest BCUT2D eigenvalue weighted by atomic mass is 9.68. The number of isocyanates is 2. The molecule has 0 radical (unpaired) electrons. The van der Waals surface area contributed by atoms with Gasteiger partial charge in [-0.05, 0) is 36.0 Å². The van der Waals surface area contributed by atoms with Gasteiger partial charge in [0.05, 0.1) is 0 Å². The second-order valence-corrected chi connectivity index (χ2v) is 5.79. The maximum Gasteiger partial charge on any atom is 0.231 e. The third-order valence-corrected chi connectivity index (χ3v) is 4.21. The molecule has 0 aliphatic rings. The molecule has 0 aliphatic heterocycles. The van der Waals surface area contributed by atoms with Crippen molar-refractivity contribution in [2.45, 2.75) is 24.7 Å². The monoisotopic (exact) mass is 374 g/mol. The van der Waals surface area contributed by atoms with E-state index < -0.39 is 0 Å². The quantitative estimate of drug-likeness (QED) is 0.355. The van der Waals surface area contributed by atoms with Crippen molar-refractivity contribution in [2.75, 3.05) is 0 Å². The highest BCUT2D eigenvalue weighted by Gasteiger charge is 2.33. The molecule has 0 fully saturated rings. The van der Waals surface area contributed by atoms with E-state index in [0.29, 0.717) is 0 Å². The minimum Gasteiger partial charge on any atom is -0.222 e. The molecular formula is C24H26N2O2. The fraction of sp³-hybridized carbons (Fsp3) is 0.167. The van der Waals surface area contributed by atoms with Crippen LogP contribution in [0.25, 0.3) is 0 Å². The summed E-state index contributed by atoms with van der Waals surface area (Å²) in [6.07, 6.45) is 10.1. The highest BCUT2D eigenvalue weighted by molar-refractivity contribution is 5.45. The molecule has 2 aromatic carbocycles. The molecule has 4 nitrogen and oxygen atoms in total. The summed E-state index contributed by atoms with van der Waals surface area (Å²) in [5.74, 6) is 0. The predicted molar refractivity (Wildman–Crippen MR) is 114 cm³/mol. The van der Waals surface area contributed by atoms with Crippen molar-refractivity contribution in [3.63, 3.8) is 0 Å². The molecule has 0 saturated heterocycles. The van der Waals surface area contributed by atoms with Gasteiger partial charge in [0.1, 0.15) is 0 Å². The van der Waals surface area contributed by atoms with Crippen LogP contribution >= 0.6 is 0 Å². The Hall–Kier alpha value is -3.58. The van der Waals surface area contributed by atoms with Crippen molar-refractivity contribution in [3.05, 3.63) is 109 Å². The lowest BCUT2D eigenvalue weighted by Crippen LogP contribution is -2.28. The van der Waals surface area contributed by atoms with Gasteiger partial charge in [0.15, 0.2) is 0 Å². The van der Waals surface area contributed by atoms with E-state index in [4.69, 9.17) is 20.4 Å². The minimum absolute atomic E-state index is 0.107. The summed E-state index contributed by atoms with van der Waals surface area (Å²) in [5, 5.41) is 10.8. The van der Waals surface area contributed by atoms with Crippen LogP contribution in [0, 0.1) is 10.8 Å². The van der Waals surface area contributed by atoms with Gasteiger partial charge in [-0.1, -0.05) is 72.8 Å². The average Bonchev–Trinajstić information content (AvgIpc) is 2.70. The van der Waals surface area contributed by atoms with Crippen LogP contribution in [-0.2, 0) is 21.4 Å². The number of nitrogens with one attached hydrogen (secondary N) is 2. The standard InChI is InChI=1S/C22H24.2CHNO/c1-4-12-19-13-10-11-16-21(19)22(17-5-2,18-6-3)20-14-8-7-9-15-20;2*2-1-3/h4-11,13-16H,1-3,12,17-18H2;2*2H. The molecule has 0 amide bonds. The Morgan fingerprint density at radius 3 is 1.71 bits per heavy atom. The molecule has 2 rings (SSSR count). The molecule has 4 heteroatoms. The smallest absolute Gasteiger partial charge is 0.222 e. The van der Waals surface area contributed by atoms with E-state index in [2.05, 4.69) is 74.3 Å². The zero-order valence-electron chi connectivity index (χ0n) is 16.0. The fourth-order valence-corrected chi connectivity index (χ4v) is 3.27. The van der Waals surface area contributed by atoms with Gasteiger partial charge in [0, 0.05) is 5.41 Å². The van der Waals surface area contributed by atoms with Crippen LogP contribution in [0.4, 0.5) is 0 Å². The van der Waals surface area contributed by atoms with Gasteiger partial charge in [-0.15, -0.1) is 19.7 Å². The van der Waals surface area contributed by atoms with Gasteiger partial charge < -0.3 is 0 Å². The summed E-state index contributed by atoms with van der Waals surface area (Å²) < 4.78 is 0. The number of allylic oxidation sites excluding steroid dienone is 3. The van der Waals surface area contributed by atoms with Crippen LogP contribution in [0.5, 0.6) is 0 Å². The van der Waals surface area contributed by atoms with Crippen LogP contribution in [0.2, 0.25) is 0 Å². The summed E-state index contributed by atoms with van der Waals surface area (Å²) in [4.78, 5) is 16.7. The summed E-state index contributed by atoms with van der Waals surface area (Å²) >= 11 is 0. The number of benzene rings is 2. The summed E-state index contributed by atoms with van der Waals surface area (Å²) in [6, 6.07) is 19.3. The molecule has 0 saturated carbocycles. The SMILES string of the molecule is C=CCc1ccccc1C(CC=C)(CC=C)c1ccccc1.N=C=O.N=C=O. The van der Waals surface area contributed by atoms with Crippen molar-refractivity contribution in [1.29, 1.82) is 10.8 Å². The number of hydrogen-bond donors (Lipinski definition) is 2. The molecular weight excluding hydrogens is 348 g/mol. The summed E-state index contributed by atoms with van der Waals surface area (Å²) in [5.41, 5.74) is 3.88. The van der Waals surface area contributed by atoms with Gasteiger partial charge in [-0.2, -0.15) is 0 Å². The molecule has 0 unspecified atom stereocenters. The average molecular weight is 374 g/mol. The molecule has 0 aliphatic carbocycles. The lowest BCUT2D eigenvalue weighted by Gasteiger charge is -2.35. The van der Waals surface area contributed by atoms with E-state index in [-0.39, 0.29) is 5.41 Å². The van der Waals surface area contributed by atoms with Gasteiger partial charge in [-0.3, -0.25) is 0 Å². The van der Waals surface area contributed by atoms with Crippen molar-refractivity contribution in [3.8, 4) is 0 Å². The first-order valence-corrected chi connectivity index (χ1v) is 8.66. The molecule has 0 aromatic heterocycles. The van der Waals surface area contributed by atoms with Crippen molar-refractivity contribution >= 4 is 12.2 Å². The zero-order valence-corrected chi connectivity index (χ0v) is 16.0. The summed E-state index contributed by atoms with van der Waals surface area (Å²) in [7, 11) is 0. The maximum atomic E-state index is 8.35. The highest BCUT2D eigenvalue weighted by Crippen LogP contribution is 2.41. The predicted octanol–water partition coefficient (Wildman–Crippen LogP) is 5.66. The van der Waals surface area contributed by atoms with Crippen LogP contribution in [-0.4, -0.2) is 12.2 Å². The van der Waals surface area contributed by atoms with Crippen LogP contribution in [0.3, 0.4) is 0 Å². The largest absolute Gasteiger partial charge is 0.231 e. The van der Waals surface area contributed by atoms with Gasteiger partial charge in [-0.25, -0.2) is 20.4 Å². The van der Waals surface area contributed by atoms with Gasteiger partial charge in [0.25, 0.3) is 0 Å². The van der Waals surface area contributed by atoms with Crippen LogP contribution in [0.15, 0.2) is 92.6 Å². The Labute approximate surface area is 167 Å². The first-order valence-electron chi connectivity index (χ1n) is 8.66. The van der Waals surface area contributed by atoms with Gasteiger partial charge >= 0.3 is 0 Å². The topological polar surface area (TPSA) is 81.8 Å². The first-order chi connectivity index (χ1) is 13.6. The molecule has 0 spiro atoms. The normalized spacial score (nSPS) is 9.14. The second kappa shape index (κ2) is 14.6. The molecule has 2 N–H and O–H groups in total. The summed E-state index contributed by atoms with van der Waals surface area (Å²) in [6.45, 7) is 11.9.